The van der Waals surface area contributed by atoms with Gasteiger partial charge in [0.25, 0.3) is 0 Å². The van der Waals surface area contributed by atoms with Gasteiger partial charge in [-0.3, -0.25) is 52.7 Å². The fourth-order valence-corrected chi connectivity index (χ4v) is 15.0. The van der Waals surface area contributed by atoms with Gasteiger partial charge in [-0.15, -0.1) is 0 Å². The number of carbonyl (C=O) groups is 12. The molecule has 5 amide bonds. The first-order valence-electron chi connectivity index (χ1n) is 47.3. The summed E-state index contributed by atoms with van der Waals surface area (Å²) >= 11 is 2.08. The number of amides is 5. The number of carbonyl (C=O) groups excluding carboxylic acids is 12. The van der Waals surface area contributed by atoms with Crippen molar-refractivity contribution in [3.8, 4) is 0 Å². The van der Waals surface area contributed by atoms with Crippen molar-refractivity contribution in [2.24, 2.45) is 11.7 Å². The highest BCUT2D eigenvalue weighted by Crippen LogP contribution is 2.45. The molecule has 0 aliphatic rings. The molecule has 129 heavy (non-hydrogen) atoms. The number of rotatable bonds is 71. The molecule has 3 rings (SSSR count). The zero-order valence-corrected chi connectivity index (χ0v) is 82.3. The van der Waals surface area contributed by atoms with Gasteiger partial charge in [-0.1, -0.05) is 149 Å². The summed E-state index contributed by atoms with van der Waals surface area (Å²) in [7, 11) is 5.30. The van der Waals surface area contributed by atoms with E-state index in [0.717, 1.165) is 74.5 Å². The number of hydrogen-bond donors (Lipinski definition) is 9. The van der Waals surface area contributed by atoms with E-state index in [1.165, 1.54) is 69.3 Å². The topological polar surface area (TPSA) is 392 Å². The molecule has 732 valence electrons. The first-order valence-corrected chi connectivity index (χ1v) is 48.5. The predicted octanol–water partition coefficient (Wildman–Crippen LogP) is 13.5. The molecule has 0 aliphatic heterocycles. The molecule has 0 aromatic heterocycles. The van der Waals surface area contributed by atoms with Gasteiger partial charge in [0, 0.05) is 70.3 Å². The van der Waals surface area contributed by atoms with Crippen molar-refractivity contribution in [2.45, 2.75) is 335 Å². The number of benzene rings is 3. The first kappa shape index (κ1) is 119. The van der Waals surface area contributed by atoms with E-state index < -0.39 is 58.1 Å². The molecule has 0 aliphatic carbocycles. The van der Waals surface area contributed by atoms with Gasteiger partial charge < -0.3 is 81.4 Å². The van der Waals surface area contributed by atoms with Gasteiger partial charge in [0.1, 0.15) is 59.5 Å². The number of ketones is 4. The molecule has 0 fully saturated rings. The molecule has 29 heteroatoms. The molecule has 28 nitrogen and oxygen atoms in total. The lowest BCUT2D eigenvalue weighted by atomic mass is 9.64. The van der Waals surface area contributed by atoms with Crippen LogP contribution >= 0.6 is 11.8 Å². The summed E-state index contributed by atoms with van der Waals surface area (Å²) < 4.78 is 38.4. The molecule has 3 aromatic carbocycles. The van der Waals surface area contributed by atoms with Crippen LogP contribution in [0, 0.1) is 5.92 Å². The second kappa shape index (κ2) is 71.8. The third-order valence-corrected chi connectivity index (χ3v) is 22.2. The van der Waals surface area contributed by atoms with Crippen LogP contribution in [0.3, 0.4) is 0 Å². The summed E-state index contributed by atoms with van der Waals surface area (Å²) in [5, 5.41) is 23.1. The minimum Gasteiger partial charge on any atom is -0.460 e. The fraction of sp³-hybridized carbons (Fsp3) is 0.700. The molecule has 0 heterocycles. The summed E-state index contributed by atoms with van der Waals surface area (Å²) in [4.78, 5) is 147. The molecular formula is C100H167N9O19S. The van der Waals surface area contributed by atoms with E-state index in [4.69, 9.17) is 38.9 Å². The summed E-state index contributed by atoms with van der Waals surface area (Å²) in [6, 6.07) is 28.6. The van der Waals surface area contributed by atoms with Crippen molar-refractivity contribution in [1.29, 1.82) is 0 Å². The highest BCUT2D eigenvalue weighted by molar-refractivity contribution is 7.99. The van der Waals surface area contributed by atoms with Crippen molar-refractivity contribution in [1.82, 2.24) is 42.5 Å². The molecule has 0 saturated heterocycles. The summed E-state index contributed by atoms with van der Waals surface area (Å²) in [6.45, 7) is 26.4. The van der Waals surface area contributed by atoms with E-state index in [1.807, 2.05) is 75.4 Å². The number of likely N-dealkylation sites (N-methyl/N-ethyl adjacent to an activating group) is 3. The lowest BCUT2D eigenvalue weighted by Gasteiger charge is -2.39. The Labute approximate surface area is 777 Å². The second-order valence-electron chi connectivity index (χ2n) is 36.0. The van der Waals surface area contributed by atoms with E-state index in [0.29, 0.717) is 90.9 Å². The monoisotopic (exact) mass is 1830 g/mol. The maximum atomic E-state index is 13.8. The van der Waals surface area contributed by atoms with Crippen molar-refractivity contribution in [3.63, 3.8) is 0 Å². The number of esters is 3. The predicted molar refractivity (Wildman–Crippen MR) is 513 cm³/mol. The fourth-order valence-electron chi connectivity index (χ4n) is 14.0. The van der Waals surface area contributed by atoms with Gasteiger partial charge in [0.05, 0.1) is 57.1 Å². The Morgan fingerprint density at radius 3 is 1.16 bits per heavy atom. The average molecular weight is 1830 g/mol. The van der Waals surface area contributed by atoms with Crippen LogP contribution in [0.4, 0.5) is 0 Å². The maximum absolute atomic E-state index is 13.8. The van der Waals surface area contributed by atoms with E-state index in [-0.39, 0.29) is 136 Å². The first-order chi connectivity index (χ1) is 61.4. The third kappa shape index (κ3) is 61.5. The smallest absolute Gasteiger partial charge is 0.329 e. The average Bonchev–Trinajstić information content (AvgIpc) is 0.750. The Balaban J connectivity index is 0.00000107. The normalized spacial score (nSPS) is 12.9. The van der Waals surface area contributed by atoms with Gasteiger partial charge in [0.2, 0.25) is 29.5 Å². The molecular weight excluding hydrogens is 1660 g/mol. The van der Waals surface area contributed by atoms with Crippen LogP contribution in [0.15, 0.2) is 91.0 Å². The third-order valence-electron chi connectivity index (χ3n) is 21.0. The Morgan fingerprint density at radius 1 is 0.349 bits per heavy atom. The van der Waals surface area contributed by atoms with Gasteiger partial charge >= 0.3 is 17.9 Å². The highest BCUT2D eigenvalue weighted by Gasteiger charge is 2.42. The Bertz CT molecular complexity index is 3480. The van der Waals surface area contributed by atoms with Crippen LogP contribution in [-0.4, -0.2) is 229 Å². The SMILES string of the molecule is CCCCCCCCSCCCCCCCC(=O)NCCOCCOCC(=O)CCCOCCOCC(=O)NC(CCC(=O)NCCCCC(NC)C(C)=O)C(=O)OC(C)(C)C.CNC(CCCCNC(=O)CCC(CC(c1ccccc1)(c1ccccc1)c1ccccc1)C(=O)OC(C)(C)C)C(C)=O.CNC(CCCCNC(=O)CCC(N)C(=O)OC(C)(C)C)C(C)=O. The maximum Gasteiger partial charge on any atom is 0.329 e. The molecule has 0 saturated carbocycles. The van der Waals surface area contributed by atoms with Gasteiger partial charge in [-0.2, -0.15) is 11.8 Å². The Hall–Kier alpha value is -7.87. The molecule has 3 aromatic rings. The van der Waals surface area contributed by atoms with E-state index in [2.05, 4.69) is 97.6 Å². The number of Topliss-reactive ketones (excluding diaryl/α,β-unsaturated/α-hetero) is 4. The van der Waals surface area contributed by atoms with Crippen LogP contribution in [0.25, 0.3) is 0 Å². The van der Waals surface area contributed by atoms with Crippen LogP contribution in [-0.2, 0) is 96.1 Å². The number of nitrogens with two attached hydrogens (primary N) is 1. The van der Waals surface area contributed by atoms with Gasteiger partial charge in [0.15, 0.2) is 5.78 Å². The molecule has 0 bridgehead atoms. The van der Waals surface area contributed by atoms with E-state index in [9.17, 15) is 57.5 Å². The Morgan fingerprint density at radius 2 is 0.721 bits per heavy atom. The molecule has 10 N–H and O–H groups in total. The van der Waals surface area contributed by atoms with Crippen molar-refractivity contribution in [3.05, 3.63) is 108 Å². The van der Waals surface area contributed by atoms with Crippen molar-refractivity contribution in [2.75, 3.05) is 112 Å². The van der Waals surface area contributed by atoms with Crippen LogP contribution in [0.5, 0.6) is 0 Å². The number of nitrogens with one attached hydrogen (secondary N) is 8. The summed E-state index contributed by atoms with van der Waals surface area (Å²) in [6.07, 6.45) is 23.7. The molecule has 6 atom stereocenters. The summed E-state index contributed by atoms with van der Waals surface area (Å²) in [5.41, 5.74) is 6.32. The zero-order chi connectivity index (χ0) is 96.2. The number of unbranched alkanes of at least 4 members (excludes halogenated alkanes) is 12. The number of ether oxygens (including phenoxy) is 7. The van der Waals surface area contributed by atoms with Crippen LogP contribution in [0.2, 0.25) is 0 Å². The quantitative estimate of drug-likeness (QED) is 0.0110. The van der Waals surface area contributed by atoms with E-state index >= 15 is 0 Å². The van der Waals surface area contributed by atoms with Crippen LogP contribution < -0.4 is 48.3 Å². The minimum atomic E-state index is -1.03. The molecule has 0 spiro atoms. The van der Waals surface area contributed by atoms with E-state index in [1.54, 1.807) is 83.5 Å². The Kier molecular flexibility index (Phi) is 66.3. The second-order valence-corrected chi connectivity index (χ2v) is 37.2. The molecule has 0 radical (unpaired) electrons. The lowest BCUT2D eigenvalue weighted by Crippen LogP contribution is -2.46. The number of thioether (sulfide) groups is 1. The zero-order valence-electron chi connectivity index (χ0n) is 81.5. The largest absolute Gasteiger partial charge is 0.460 e. The summed E-state index contributed by atoms with van der Waals surface area (Å²) in [5.74, 6) is -0.0857. The molecule has 6 unspecified atom stereocenters. The van der Waals surface area contributed by atoms with Crippen LogP contribution in [0.1, 0.15) is 299 Å². The van der Waals surface area contributed by atoms with Gasteiger partial charge in [-0.05, 0) is 242 Å². The highest BCUT2D eigenvalue weighted by atomic mass is 32.2. The number of hydrogen-bond acceptors (Lipinski definition) is 24. The minimum absolute atomic E-state index is 0.00788. The van der Waals surface area contributed by atoms with Crippen molar-refractivity contribution >= 4 is 82.3 Å². The van der Waals surface area contributed by atoms with Gasteiger partial charge in [-0.25, -0.2) is 4.79 Å². The standard InChI is InChI=1S/C46H86N4O11S.C37H48N2O4.C17H33N3O4/c1-7-8-9-10-13-18-34-62-35-19-14-11-12-15-23-42(53)49-27-29-58-31-32-59-36-39(52)21-20-28-57-30-33-60-37-44(55)50-41(45(56)61-46(3,4)5)24-25-43(54)48-26-17-16-22-40(47-6)38(2)51;1-28(40)33(38-5)23-15-16-26-39-34(41)25-24-29(35(42)43-36(2,3)4)27-37(30-17-9-6-10-18-30,31-19-11-7-12-20-31)32-21-13-8-14-22-32;1-12(21)14(19-5)8-6-7-11-20-15(22)10-9-13(18)16(23)24-17(2,3)4/h40-41,47H,7-37H2,1-6H3,(H,48,54)(H,49,53)(H,50,55);6-14,17-22,29,33,38H,15-16,23-27H2,1-5H3,(H,39,41);13-14,19H,6-11,18H2,1-5H3,(H,20,22). The van der Waals surface area contributed by atoms with Crippen molar-refractivity contribution < 1.29 is 90.7 Å². The lowest BCUT2D eigenvalue weighted by molar-refractivity contribution is -0.161.